The SMILES string of the molecule is COc1ccc(NC2(CO)CCC(C)CC2C)cc1. The van der Waals surface area contributed by atoms with E-state index in [-0.39, 0.29) is 12.1 Å². The maximum atomic E-state index is 9.87. The van der Waals surface area contributed by atoms with Crippen LogP contribution in [0.25, 0.3) is 0 Å². The zero-order valence-corrected chi connectivity index (χ0v) is 12.1. The van der Waals surface area contributed by atoms with Crippen molar-refractivity contribution in [3.63, 3.8) is 0 Å². The van der Waals surface area contributed by atoms with Crippen molar-refractivity contribution in [2.75, 3.05) is 19.0 Å². The van der Waals surface area contributed by atoms with Crippen LogP contribution in [0.3, 0.4) is 0 Å². The molecule has 19 heavy (non-hydrogen) atoms. The summed E-state index contributed by atoms with van der Waals surface area (Å²) in [6, 6.07) is 7.93. The van der Waals surface area contributed by atoms with Crippen LogP contribution in [-0.2, 0) is 0 Å². The van der Waals surface area contributed by atoms with Gasteiger partial charge in [0, 0.05) is 5.69 Å². The van der Waals surface area contributed by atoms with E-state index in [0.717, 1.165) is 23.8 Å². The van der Waals surface area contributed by atoms with Crippen molar-refractivity contribution in [2.45, 2.75) is 38.6 Å². The van der Waals surface area contributed by atoms with Gasteiger partial charge in [-0.15, -0.1) is 0 Å². The van der Waals surface area contributed by atoms with E-state index >= 15 is 0 Å². The molecule has 1 aromatic carbocycles. The van der Waals surface area contributed by atoms with E-state index in [4.69, 9.17) is 4.74 Å². The second-order valence-corrected chi connectivity index (χ2v) is 5.95. The Bertz CT molecular complexity index is 404. The summed E-state index contributed by atoms with van der Waals surface area (Å²) in [5, 5.41) is 13.4. The van der Waals surface area contributed by atoms with Gasteiger partial charge in [0.05, 0.1) is 19.3 Å². The number of ether oxygens (including phenoxy) is 1. The molecular weight excluding hydrogens is 238 g/mol. The minimum Gasteiger partial charge on any atom is -0.497 e. The third-order valence-electron chi connectivity index (χ3n) is 4.55. The Hall–Kier alpha value is -1.22. The summed E-state index contributed by atoms with van der Waals surface area (Å²) >= 11 is 0. The fourth-order valence-corrected chi connectivity index (χ4v) is 3.12. The minimum atomic E-state index is -0.179. The molecule has 1 aliphatic carbocycles. The number of hydrogen-bond donors (Lipinski definition) is 2. The van der Waals surface area contributed by atoms with Crippen molar-refractivity contribution in [3.8, 4) is 5.75 Å². The monoisotopic (exact) mass is 263 g/mol. The highest BCUT2D eigenvalue weighted by Gasteiger charge is 2.39. The van der Waals surface area contributed by atoms with Gasteiger partial charge < -0.3 is 15.2 Å². The van der Waals surface area contributed by atoms with Crippen molar-refractivity contribution in [3.05, 3.63) is 24.3 Å². The van der Waals surface area contributed by atoms with E-state index in [9.17, 15) is 5.11 Å². The minimum absolute atomic E-state index is 0.179. The lowest BCUT2D eigenvalue weighted by atomic mass is 9.70. The molecule has 3 atom stereocenters. The normalized spacial score (nSPS) is 30.9. The van der Waals surface area contributed by atoms with Crippen LogP contribution in [0.5, 0.6) is 5.75 Å². The summed E-state index contributed by atoms with van der Waals surface area (Å²) in [5.41, 5.74) is 0.873. The lowest BCUT2D eigenvalue weighted by Gasteiger charge is -2.45. The molecule has 0 heterocycles. The molecule has 3 nitrogen and oxygen atoms in total. The van der Waals surface area contributed by atoms with Crippen LogP contribution in [0.1, 0.15) is 33.1 Å². The van der Waals surface area contributed by atoms with Gasteiger partial charge in [0.2, 0.25) is 0 Å². The number of aliphatic hydroxyl groups excluding tert-OH is 1. The lowest BCUT2D eigenvalue weighted by Crippen LogP contribution is -2.51. The van der Waals surface area contributed by atoms with Gasteiger partial charge in [-0.1, -0.05) is 13.8 Å². The van der Waals surface area contributed by atoms with Crippen LogP contribution in [0.15, 0.2) is 24.3 Å². The molecule has 2 rings (SSSR count). The van der Waals surface area contributed by atoms with Gasteiger partial charge in [0.25, 0.3) is 0 Å². The van der Waals surface area contributed by atoms with E-state index in [1.54, 1.807) is 7.11 Å². The first-order valence-corrected chi connectivity index (χ1v) is 7.13. The average Bonchev–Trinajstić information content (AvgIpc) is 2.43. The van der Waals surface area contributed by atoms with E-state index in [1.807, 2.05) is 24.3 Å². The van der Waals surface area contributed by atoms with Gasteiger partial charge in [-0.25, -0.2) is 0 Å². The number of rotatable bonds is 4. The number of nitrogens with one attached hydrogen (secondary N) is 1. The Labute approximate surface area is 116 Å². The Morgan fingerprint density at radius 3 is 2.53 bits per heavy atom. The molecule has 1 aromatic rings. The smallest absolute Gasteiger partial charge is 0.119 e. The van der Waals surface area contributed by atoms with Crippen LogP contribution in [0.4, 0.5) is 5.69 Å². The number of benzene rings is 1. The zero-order chi connectivity index (χ0) is 13.9. The summed E-state index contributed by atoms with van der Waals surface area (Å²) in [6.07, 6.45) is 3.37. The van der Waals surface area contributed by atoms with Crippen molar-refractivity contribution in [1.82, 2.24) is 0 Å². The van der Waals surface area contributed by atoms with Gasteiger partial charge in [0.1, 0.15) is 5.75 Å². The lowest BCUT2D eigenvalue weighted by molar-refractivity contribution is 0.106. The standard InChI is InChI=1S/C16H25NO2/c1-12-8-9-16(11-18,13(2)10-12)17-14-4-6-15(19-3)7-5-14/h4-7,12-13,17-18H,8-11H2,1-3H3. The summed E-state index contributed by atoms with van der Waals surface area (Å²) < 4.78 is 5.17. The van der Waals surface area contributed by atoms with Gasteiger partial charge in [0.15, 0.2) is 0 Å². The Morgan fingerprint density at radius 2 is 2.00 bits per heavy atom. The molecule has 0 aromatic heterocycles. The zero-order valence-electron chi connectivity index (χ0n) is 12.1. The third-order valence-corrected chi connectivity index (χ3v) is 4.55. The number of hydrogen-bond acceptors (Lipinski definition) is 3. The van der Waals surface area contributed by atoms with Crippen LogP contribution in [0, 0.1) is 11.8 Å². The molecule has 0 saturated heterocycles. The summed E-state index contributed by atoms with van der Waals surface area (Å²) in [5.74, 6) is 2.09. The first-order chi connectivity index (χ1) is 9.09. The molecule has 0 radical (unpaired) electrons. The Kier molecular flexibility index (Phi) is 4.35. The van der Waals surface area contributed by atoms with Gasteiger partial charge in [-0.2, -0.15) is 0 Å². The summed E-state index contributed by atoms with van der Waals surface area (Å²) in [4.78, 5) is 0. The van der Waals surface area contributed by atoms with E-state index < -0.39 is 0 Å². The van der Waals surface area contributed by atoms with Gasteiger partial charge >= 0.3 is 0 Å². The van der Waals surface area contributed by atoms with Crippen LogP contribution >= 0.6 is 0 Å². The first-order valence-electron chi connectivity index (χ1n) is 7.13. The van der Waals surface area contributed by atoms with Gasteiger partial charge in [-0.3, -0.25) is 0 Å². The van der Waals surface area contributed by atoms with E-state index in [0.29, 0.717) is 5.92 Å². The van der Waals surface area contributed by atoms with Crippen LogP contribution < -0.4 is 10.1 Å². The van der Waals surface area contributed by atoms with Crippen molar-refractivity contribution in [1.29, 1.82) is 0 Å². The predicted octanol–water partition coefficient (Wildman–Crippen LogP) is 3.29. The number of aliphatic hydroxyl groups is 1. The van der Waals surface area contributed by atoms with Crippen molar-refractivity contribution in [2.24, 2.45) is 11.8 Å². The number of anilines is 1. The summed E-state index contributed by atoms with van der Waals surface area (Å²) in [7, 11) is 1.67. The Morgan fingerprint density at radius 1 is 1.32 bits per heavy atom. The maximum absolute atomic E-state index is 9.87. The van der Waals surface area contributed by atoms with E-state index in [2.05, 4.69) is 19.2 Å². The van der Waals surface area contributed by atoms with Crippen LogP contribution in [-0.4, -0.2) is 24.4 Å². The third kappa shape index (κ3) is 3.03. The molecule has 0 aliphatic heterocycles. The molecule has 1 fully saturated rings. The quantitative estimate of drug-likeness (QED) is 0.876. The highest BCUT2D eigenvalue weighted by Crippen LogP contribution is 2.39. The predicted molar refractivity (Wildman–Crippen MR) is 78.6 cm³/mol. The van der Waals surface area contributed by atoms with Crippen molar-refractivity contribution >= 4 is 5.69 Å². The van der Waals surface area contributed by atoms with Crippen molar-refractivity contribution < 1.29 is 9.84 Å². The molecule has 106 valence electrons. The Balaban J connectivity index is 2.13. The largest absolute Gasteiger partial charge is 0.497 e. The fraction of sp³-hybridized carbons (Fsp3) is 0.625. The molecule has 0 bridgehead atoms. The second-order valence-electron chi connectivity index (χ2n) is 5.95. The van der Waals surface area contributed by atoms with Crippen LogP contribution in [0.2, 0.25) is 0 Å². The molecular formula is C16H25NO2. The molecule has 3 heteroatoms. The van der Waals surface area contributed by atoms with Gasteiger partial charge in [-0.05, 0) is 55.4 Å². The molecule has 1 saturated carbocycles. The molecule has 2 N–H and O–H groups in total. The first kappa shape index (κ1) is 14.2. The molecule has 3 unspecified atom stereocenters. The molecule has 0 spiro atoms. The maximum Gasteiger partial charge on any atom is 0.119 e. The second kappa shape index (κ2) is 5.83. The highest BCUT2D eigenvalue weighted by molar-refractivity contribution is 5.48. The number of methoxy groups -OCH3 is 1. The molecule has 0 amide bonds. The average molecular weight is 263 g/mol. The fourth-order valence-electron chi connectivity index (χ4n) is 3.12. The summed E-state index contributed by atoms with van der Waals surface area (Å²) in [6.45, 7) is 4.72. The molecule has 1 aliphatic rings. The highest BCUT2D eigenvalue weighted by atomic mass is 16.5. The van der Waals surface area contributed by atoms with E-state index in [1.165, 1.54) is 12.8 Å². The topological polar surface area (TPSA) is 41.5 Å².